The monoisotopic (exact) mass is 408 g/mol. The molecule has 3 rings (SSSR count). The maximum absolute atomic E-state index is 12.9. The fourth-order valence-electron chi connectivity index (χ4n) is 3.56. The molecule has 0 aliphatic carbocycles. The summed E-state index contributed by atoms with van der Waals surface area (Å²) in [5.74, 6) is 1.11. The minimum atomic E-state index is -0.438. The van der Waals surface area contributed by atoms with Crippen LogP contribution >= 0.6 is 0 Å². The third kappa shape index (κ3) is 6.31. The van der Waals surface area contributed by atoms with Crippen LogP contribution < -0.4 is 0 Å². The predicted octanol–water partition coefficient (Wildman–Crippen LogP) is 4.98. The first-order chi connectivity index (χ1) is 14.7. The Kier molecular flexibility index (Phi) is 8.72. The van der Waals surface area contributed by atoms with E-state index in [1.165, 1.54) is 0 Å². The maximum Gasteiger partial charge on any atom is 0.412 e. The molecule has 2 aromatic carbocycles. The Hall–Kier alpha value is -2.37. The molecule has 1 saturated heterocycles. The molecule has 0 N–H and O–H groups in total. The molecule has 1 fully saturated rings. The summed E-state index contributed by atoms with van der Waals surface area (Å²) in [6.07, 6.45) is 4.73. The third-order valence-electron chi connectivity index (χ3n) is 5.19. The third-order valence-corrected chi connectivity index (χ3v) is 5.19. The van der Waals surface area contributed by atoms with Gasteiger partial charge in [0.15, 0.2) is 0 Å². The van der Waals surface area contributed by atoms with Gasteiger partial charge >= 0.3 is 6.09 Å². The van der Waals surface area contributed by atoms with Gasteiger partial charge in [-0.25, -0.2) is 4.79 Å². The minimum Gasteiger partial charge on any atom is -0.444 e. The Labute approximate surface area is 179 Å². The molecule has 1 heterocycles. The second-order valence-electron chi connectivity index (χ2n) is 7.37. The molecular weight excluding hydrogens is 378 g/mol. The number of amides is 1. The first-order valence-electron chi connectivity index (χ1n) is 10.3. The molecule has 2 aromatic rings. The molecule has 0 aromatic heterocycles. The van der Waals surface area contributed by atoms with Crippen LogP contribution in [0.1, 0.15) is 30.9 Å². The van der Waals surface area contributed by atoms with Crippen LogP contribution in [0.15, 0.2) is 60.7 Å². The average Bonchev–Trinajstić information content (AvgIpc) is 2.79. The first kappa shape index (κ1) is 22.3. The van der Waals surface area contributed by atoms with Crippen LogP contribution in [0.25, 0.3) is 0 Å². The zero-order valence-corrected chi connectivity index (χ0v) is 17.7. The molecule has 2 atom stereocenters. The highest BCUT2D eigenvalue weighted by Crippen LogP contribution is 2.32. The van der Waals surface area contributed by atoms with E-state index in [4.69, 9.17) is 14.2 Å². The number of likely N-dealkylation sites (tertiary alicyclic amines) is 1. The van der Waals surface area contributed by atoms with Crippen LogP contribution in [0, 0.1) is 18.8 Å². The zero-order chi connectivity index (χ0) is 21.2. The van der Waals surface area contributed by atoms with Crippen molar-refractivity contribution in [3.8, 4) is 0 Å². The van der Waals surface area contributed by atoms with Crippen molar-refractivity contribution in [2.75, 3.05) is 13.7 Å². The number of hydrogen-bond acceptors (Lipinski definition) is 4. The fourth-order valence-corrected chi connectivity index (χ4v) is 3.56. The van der Waals surface area contributed by atoms with Gasteiger partial charge in [-0.3, -0.25) is 4.90 Å². The highest BCUT2D eigenvalue weighted by atomic mass is 16.6. The van der Waals surface area contributed by atoms with E-state index in [1.54, 1.807) is 12.0 Å². The smallest absolute Gasteiger partial charge is 0.412 e. The van der Waals surface area contributed by atoms with Crippen molar-refractivity contribution in [2.24, 2.45) is 0 Å². The van der Waals surface area contributed by atoms with E-state index in [1.807, 2.05) is 68.3 Å². The normalized spacial score (nSPS) is 19.6. The highest BCUT2D eigenvalue weighted by Gasteiger charge is 2.39. The molecule has 0 bridgehead atoms. The lowest BCUT2D eigenvalue weighted by molar-refractivity contribution is -0.0384. The summed E-state index contributed by atoms with van der Waals surface area (Å²) in [6.45, 7) is 3.50. The number of hydrogen-bond donors (Lipinski definition) is 0. The van der Waals surface area contributed by atoms with E-state index in [0.29, 0.717) is 13.2 Å². The van der Waals surface area contributed by atoms with Gasteiger partial charge in [0.25, 0.3) is 0 Å². The number of nitrogens with zero attached hydrogens (tertiary/aromatic N) is 1. The summed E-state index contributed by atoms with van der Waals surface area (Å²) in [4.78, 5) is 14.6. The van der Waals surface area contributed by atoms with Crippen molar-refractivity contribution in [3.63, 3.8) is 0 Å². The largest absolute Gasteiger partial charge is 0.444 e. The van der Waals surface area contributed by atoms with E-state index in [-0.39, 0.29) is 18.7 Å². The van der Waals surface area contributed by atoms with Gasteiger partial charge in [0.1, 0.15) is 12.8 Å². The molecule has 30 heavy (non-hydrogen) atoms. The van der Waals surface area contributed by atoms with Crippen molar-refractivity contribution in [1.29, 1.82) is 0 Å². The summed E-state index contributed by atoms with van der Waals surface area (Å²) in [5.41, 5.74) is 2.12. The summed E-state index contributed by atoms with van der Waals surface area (Å²) >= 11 is 0. The van der Waals surface area contributed by atoms with Crippen molar-refractivity contribution >= 4 is 6.09 Å². The van der Waals surface area contributed by atoms with Gasteiger partial charge in [0.2, 0.25) is 0 Å². The van der Waals surface area contributed by atoms with Gasteiger partial charge < -0.3 is 14.2 Å². The minimum absolute atomic E-state index is 0.0800. The zero-order valence-electron chi connectivity index (χ0n) is 17.7. The summed E-state index contributed by atoms with van der Waals surface area (Å²) in [5, 5.41) is 0. The molecule has 1 aliphatic rings. The van der Waals surface area contributed by atoms with Gasteiger partial charge in [-0.15, -0.1) is 0 Å². The van der Waals surface area contributed by atoms with Gasteiger partial charge in [0.05, 0.1) is 6.61 Å². The Morgan fingerprint density at radius 2 is 1.60 bits per heavy atom. The van der Waals surface area contributed by atoms with Gasteiger partial charge in [-0.2, -0.15) is 0 Å². The summed E-state index contributed by atoms with van der Waals surface area (Å²) in [7, 11) is 1.60. The van der Waals surface area contributed by atoms with Crippen LogP contribution in [0.5, 0.6) is 0 Å². The Balaban J connectivity index is 1.53. The number of carbonyl (C=O) groups excluding carboxylic acids is 1. The second kappa shape index (κ2) is 11.7. The Morgan fingerprint density at radius 1 is 0.967 bits per heavy atom. The molecule has 0 saturated carbocycles. The lowest BCUT2D eigenvalue weighted by Crippen LogP contribution is -2.54. The molecule has 5 nitrogen and oxygen atoms in total. The average molecular weight is 409 g/mol. The van der Waals surface area contributed by atoms with Crippen LogP contribution in [0.2, 0.25) is 0 Å². The number of rotatable bonds is 9. The molecule has 1 amide bonds. The quantitative estimate of drug-likeness (QED) is 0.549. The van der Waals surface area contributed by atoms with Crippen molar-refractivity contribution in [3.05, 3.63) is 90.6 Å². The first-order valence-corrected chi connectivity index (χ1v) is 10.3. The Bertz CT molecular complexity index is 752. The van der Waals surface area contributed by atoms with Crippen LogP contribution in [-0.4, -0.2) is 37.0 Å². The Morgan fingerprint density at radius 3 is 2.23 bits per heavy atom. The number of piperidine rings is 1. The van der Waals surface area contributed by atoms with E-state index >= 15 is 0 Å². The lowest BCUT2D eigenvalue weighted by atomic mass is 9.87. The predicted molar refractivity (Wildman–Crippen MR) is 116 cm³/mol. The standard InChI is InChI=1S/C25H30NO4/c1-20-15-16-24(28-2)26(25(27)30-19-22-12-7-4-8-13-22)23(20)14-9-17-29-18-21-10-5-3-6-11-21/h3-8,10-13,15-16,23-24H,9,14,17-19H2,1-2H3/t23-,24+/m0/s1. The van der Waals surface area contributed by atoms with E-state index < -0.39 is 6.23 Å². The lowest BCUT2D eigenvalue weighted by Gasteiger charge is -2.43. The van der Waals surface area contributed by atoms with E-state index in [0.717, 1.165) is 29.9 Å². The van der Waals surface area contributed by atoms with Crippen molar-refractivity contribution < 1.29 is 19.0 Å². The number of benzene rings is 2. The number of ether oxygens (including phenoxy) is 3. The van der Waals surface area contributed by atoms with Gasteiger partial charge in [-0.05, 0) is 36.3 Å². The van der Waals surface area contributed by atoms with Gasteiger partial charge in [0, 0.05) is 26.2 Å². The number of methoxy groups -OCH3 is 1. The molecule has 1 aliphatic heterocycles. The van der Waals surface area contributed by atoms with Crippen LogP contribution in [-0.2, 0) is 27.4 Å². The van der Waals surface area contributed by atoms with Crippen LogP contribution in [0.3, 0.4) is 0 Å². The van der Waals surface area contributed by atoms with E-state index in [2.05, 4.69) is 12.1 Å². The van der Waals surface area contributed by atoms with Gasteiger partial charge in [-0.1, -0.05) is 67.6 Å². The van der Waals surface area contributed by atoms with Crippen molar-refractivity contribution in [2.45, 2.75) is 45.2 Å². The van der Waals surface area contributed by atoms with E-state index in [9.17, 15) is 4.79 Å². The summed E-state index contributed by atoms with van der Waals surface area (Å²) in [6, 6.07) is 19.7. The molecule has 159 valence electrons. The molecule has 5 heteroatoms. The second-order valence-corrected chi connectivity index (χ2v) is 7.37. The number of carbonyl (C=O) groups is 1. The fraction of sp³-hybridized carbons (Fsp3) is 0.360. The molecule has 3 radical (unpaired) electrons. The molecule has 0 spiro atoms. The topological polar surface area (TPSA) is 48.0 Å². The summed E-state index contributed by atoms with van der Waals surface area (Å²) < 4.78 is 16.9. The molecule has 0 unspecified atom stereocenters. The highest BCUT2D eigenvalue weighted by molar-refractivity contribution is 5.69. The van der Waals surface area contributed by atoms with Crippen LogP contribution in [0.4, 0.5) is 4.79 Å². The molecular formula is C25H30NO4. The van der Waals surface area contributed by atoms with Crippen molar-refractivity contribution in [1.82, 2.24) is 4.90 Å². The maximum atomic E-state index is 12.9. The SMILES string of the molecule is CO[C@@H]1[CH][CH][C](C)[C@H](CCCOCc2ccccc2)N1C(=O)OCc1ccccc1.